The molecule has 3 aromatic carbocycles. The fourth-order valence-corrected chi connectivity index (χ4v) is 5.83. The zero-order valence-corrected chi connectivity index (χ0v) is 28.9. The zero-order valence-electron chi connectivity index (χ0n) is 28.9. The van der Waals surface area contributed by atoms with E-state index in [0.29, 0.717) is 36.5 Å². The first-order chi connectivity index (χ1) is 25.1. The monoisotopic (exact) mass is 707 g/mol. The summed E-state index contributed by atoms with van der Waals surface area (Å²) in [5.74, 6) is -1.30. The summed E-state index contributed by atoms with van der Waals surface area (Å²) in [4.78, 5) is 67.5. The molecular formula is C37H41N9O6. The number of ether oxygens (including phenoxy) is 1. The largest absolute Gasteiger partial charge is 0.492 e. The third kappa shape index (κ3) is 8.96. The van der Waals surface area contributed by atoms with E-state index < -0.39 is 47.3 Å². The lowest BCUT2D eigenvalue weighted by atomic mass is 10.0. The van der Waals surface area contributed by atoms with Gasteiger partial charge in [0.1, 0.15) is 41.8 Å². The molecule has 270 valence electrons. The first-order valence-electron chi connectivity index (χ1n) is 17.2. The van der Waals surface area contributed by atoms with Gasteiger partial charge in [-0.25, -0.2) is 4.68 Å². The van der Waals surface area contributed by atoms with Gasteiger partial charge in [0.2, 0.25) is 23.6 Å². The van der Waals surface area contributed by atoms with E-state index in [1.807, 2.05) is 30.3 Å². The minimum Gasteiger partial charge on any atom is -0.492 e. The number of hydrogen-bond donors (Lipinski definition) is 5. The molecule has 7 rings (SSSR count). The molecule has 1 saturated carbocycles. The topological polar surface area (TPSA) is 198 Å². The molecule has 2 bridgehead atoms. The minimum absolute atomic E-state index is 0.111. The number of hydrogen-bond acceptors (Lipinski definition) is 9. The van der Waals surface area contributed by atoms with Crippen molar-refractivity contribution in [3.8, 4) is 5.75 Å². The van der Waals surface area contributed by atoms with Gasteiger partial charge in [-0.15, -0.1) is 5.10 Å². The van der Waals surface area contributed by atoms with E-state index in [1.165, 1.54) is 6.92 Å². The van der Waals surface area contributed by atoms with Gasteiger partial charge >= 0.3 is 0 Å². The highest BCUT2D eigenvalue weighted by Gasteiger charge is 2.51. The highest BCUT2D eigenvalue weighted by Crippen LogP contribution is 2.35. The van der Waals surface area contributed by atoms with Crippen molar-refractivity contribution < 1.29 is 28.7 Å². The van der Waals surface area contributed by atoms with Gasteiger partial charge in [0.25, 0.3) is 5.91 Å². The molecule has 1 spiro atoms. The van der Waals surface area contributed by atoms with Crippen LogP contribution in [0.2, 0.25) is 0 Å². The average Bonchev–Trinajstić information content (AvgIpc) is 3.82. The summed E-state index contributed by atoms with van der Waals surface area (Å²) in [6.07, 6.45) is 1.19. The number of fused-ring (bicyclic) bond motifs is 15. The van der Waals surface area contributed by atoms with Crippen LogP contribution in [0.15, 0.2) is 78.9 Å². The van der Waals surface area contributed by atoms with Crippen LogP contribution in [0, 0.1) is 6.92 Å². The maximum absolute atomic E-state index is 13.8. The number of aryl methyl sites for hydroxylation is 1. The second kappa shape index (κ2) is 15.8. The maximum atomic E-state index is 13.8. The van der Waals surface area contributed by atoms with Crippen LogP contribution in [0.5, 0.6) is 5.75 Å². The van der Waals surface area contributed by atoms with Crippen LogP contribution in [0.1, 0.15) is 52.6 Å². The molecule has 5 amide bonds. The van der Waals surface area contributed by atoms with Gasteiger partial charge in [0, 0.05) is 18.4 Å². The Kier molecular flexibility index (Phi) is 10.9. The second-order valence-corrected chi connectivity index (χ2v) is 13.1. The van der Waals surface area contributed by atoms with Crippen molar-refractivity contribution in [2.75, 3.05) is 13.2 Å². The summed E-state index contributed by atoms with van der Waals surface area (Å²) < 4.78 is 7.45. The number of nitrogens with zero attached hydrogens (tertiary/aromatic N) is 4. The van der Waals surface area contributed by atoms with E-state index in [2.05, 4.69) is 42.1 Å². The Hall–Kier alpha value is -6.12. The summed E-state index contributed by atoms with van der Waals surface area (Å²) in [6.45, 7) is 4.13. The van der Waals surface area contributed by atoms with Crippen molar-refractivity contribution in [3.63, 3.8) is 0 Å². The Balaban J connectivity index is 1.21. The van der Waals surface area contributed by atoms with Gasteiger partial charge in [0.15, 0.2) is 0 Å². The van der Waals surface area contributed by atoms with Gasteiger partial charge in [-0.05, 0) is 78.1 Å². The summed E-state index contributed by atoms with van der Waals surface area (Å²) >= 11 is 0. The normalized spacial score (nSPS) is 20.8. The van der Waals surface area contributed by atoms with E-state index >= 15 is 0 Å². The lowest BCUT2D eigenvalue weighted by Crippen LogP contribution is -2.59. The Morgan fingerprint density at radius 2 is 1.63 bits per heavy atom. The second-order valence-electron chi connectivity index (χ2n) is 13.1. The SMILES string of the molecule is Cc1nnnn1Cc1ccc(C(=O)N[C@H]2Cc3ccc(cc3)OCCNC(=O)C3(CC3)NC(=O)[C@@H](Cc3ccccc3)NC(=O)[C@H](C)NC2=O)cc1. The predicted octanol–water partition coefficient (Wildman–Crippen LogP) is 0.761. The van der Waals surface area contributed by atoms with Crippen LogP contribution >= 0.6 is 0 Å². The Morgan fingerprint density at radius 3 is 2.31 bits per heavy atom. The fraction of sp³-hybridized carbons (Fsp3) is 0.351. The number of benzene rings is 3. The van der Waals surface area contributed by atoms with E-state index in [9.17, 15) is 24.0 Å². The van der Waals surface area contributed by atoms with Crippen molar-refractivity contribution in [2.24, 2.45) is 0 Å². The number of tetrazole rings is 1. The number of carbonyl (C=O) groups is 5. The smallest absolute Gasteiger partial charge is 0.251 e. The minimum atomic E-state index is -1.08. The molecule has 1 aliphatic carbocycles. The first-order valence-corrected chi connectivity index (χ1v) is 17.2. The van der Waals surface area contributed by atoms with Gasteiger partial charge in [-0.3, -0.25) is 24.0 Å². The fourth-order valence-electron chi connectivity index (χ4n) is 5.83. The standard InChI is InChI=1S/C37H41N9O6/c1-23-32(47)40-31(20-25-6-4-3-5-7-25)35(50)42-37(16-17-37)36(51)38-18-19-52-29-14-10-26(11-15-29)21-30(34(49)39-23)41-33(48)28-12-8-27(9-13-28)22-46-24(2)43-44-45-46/h3-15,23,30-31H,16-22H2,1-2H3,(H,38,51)(H,39,49)(H,40,47)(H,41,48)(H,42,50)/t23-,30-,31+/m0/s1. The molecule has 15 nitrogen and oxygen atoms in total. The van der Waals surface area contributed by atoms with Crippen molar-refractivity contribution in [1.29, 1.82) is 0 Å². The van der Waals surface area contributed by atoms with E-state index in [-0.39, 0.29) is 31.9 Å². The quantitative estimate of drug-likeness (QED) is 0.180. The summed E-state index contributed by atoms with van der Waals surface area (Å²) in [5, 5.41) is 25.5. The van der Waals surface area contributed by atoms with Crippen molar-refractivity contribution in [2.45, 2.75) is 69.7 Å². The summed E-state index contributed by atoms with van der Waals surface area (Å²) in [7, 11) is 0. The molecule has 0 radical (unpaired) electrons. The Labute approximate surface area is 300 Å². The van der Waals surface area contributed by atoms with Gasteiger partial charge in [-0.2, -0.15) is 0 Å². The molecule has 3 aliphatic rings. The number of amides is 5. The molecule has 4 aromatic rings. The number of rotatable bonds is 6. The van der Waals surface area contributed by atoms with Gasteiger partial charge in [-0.1, -0.05) is 54.6 Å². The molecule has 0 unspecified atom stereocenters. The zero-order chi connectivity index (χ0) is 36.7. The van der Waals surface area contributed by atoms with E-state index in [4.69, 9.17) is 4.74 Å². The first kappa shape index (κ1) is 35.7. The average molecular weight is 708 g/mol. The Bertz CT molecular complexity index is 1910. The molecule has 1 fully saturated rings. The molecule has 5 N–H and O–H groups in total. The molecule has 52 heavy (non-hydrogen) atoms. The molecule has 3 atom stereocenters. The lowest BCUT2D eigenvalue weighted by Gasteiger charge is -2.25. The van der Waals surface area contributed by atoms with Gasteiger partial charge in [0.05, 0.1) is 13.1 Å². The van der Waals surface area contributed by atoms with Crippen LogP contribution in [-0.4, -0.2) is 86.6 Å². The third-order valence-corrected chi connectivity index (χ3v) is 9.12. The highest BCUT2D eigenvalue weighted by molar-refractivity contribution is 5.99. The summed E-state index contributed by atoms with van der Waals surface area (Å²) in [5.41, 5.74) is 1.67. The summed E-state index contributed by atoms with van der Waals surface area (Å²) in [6, 6.07) is 19.9. The van der Waals surface area contributed by atoms with Crippen LogP contribution < -0.4 is 31.3 Å². The van der Waals surface area contributed by atoms with Gasteiger partial charge < -0.3 is 31.3 Å². The van der Waals surface area contributed by atoms with Crippen LogP contribution in [0.3, 0.4) is 0 Å². The molecule has 2 aliphatic heterocycles. The van der Waals surface area contributed by atoms with Crippen LogP contribution in [0.4, 0.5) is 0 Å². The van der Waals surface area contributed by atoms with Crippen molar-refractivity contribution in [1.82, 2.24) is 46.8 Å². The molecule has 1 aromatic heterocycles. The molecule has 3 heterocycles. The van der Waals surface area contributed by atoms with Crippen molar-refractivity contribution in [3.05, 3.63) is 107 Å². The third-order valence-electron chi connectivity index (χ3n) is 9.12. The predicted molar refractivity (Wildman–Crippen MR) is 188 cm³/mol. The Morgan fingerprint density at radius 1 is 0.904 bits per heavy atom. The molecule has 0 saturated heterocycles. The van der Waals surface area contributed by atoms with E-state index in [0.717, 1.165) is 16.7 Å². The van der Waals surface area contributed by atoms with Crippen LogP contribution in [0.25, 0.3) is 0 Å². The number of nitrogens with one attached hydrogen (secondary N) is 5. The van der Waals surface area contributed by atoms with Crippen molar-refractivity contribution >= 4 is 29.5 Å². The highest BCUT2D eigenvalue weighted by atomic mass is 16.5. The van der Waals surface area contributed by atoms with Crippen LogP contribution in [-0.2, 0) is 38.6 Å². The van der Waals surface area contributed by atoms with E-state index in [1.54, 1.807) is 60.1 Å². The maximum Gasteiger partial charge on any atom is 0.251 e. The number of aromatic nitrogens is 4. The number of carbonyl (C=O) groups excluding carboxylic acids is 5. The lowest BCUT2D eigenvalue weighted by molar-refractivity contribution is -0.134. The molecular weight excluding hydrogens is 666 g/mol. The molecule has 15 heteroatoms.